The van der Waals surface area contributed by atoms with Gasteiger partial charge >= 0.3 is 0 Å². The summed E-state index contributed by atoms with van der Waals surface area (Å²) in [6.07, 6.45) is 1.66. The van der Waals surface area contributed by atoms with Gasteiger partial charge in [-0.1, -0.05) is 35.9 Å². The summed E-state index contributed by atoms with van der Waals surface area (Å²) in [5.74, 6) is 1.44. The molecule has 0 saturated heterocycles. The highest BCUT2D eigenvalue weighted by molar-refractivity contribution is 5.94. The van der Waals surface area contributed by atoms with Gasteiger partial charge in [-0.3, -0.25) is 4.79 Å². The minimum Gasteiger partial charge on any atom is -0.439 e. The Kier molecular flexibility index (Phi) is 5.27. The maximum atomic E-state index is 12.1. The zero-order chi connectivity index (χ0) is 18.5. The van der Waals surface area contributed by atoms with Crippen molar-refractivity contribution in [2.75, 3.05) is 0 Å². The lowest BCUT2D eigenvalue weighted by molar-refractivity contribution is 0.0943. The molecule has 26 heavy (non-hydrogen) atoms. The largest absolute Gasteiger partial charge is 0.439 e. The van der Waals surface area contributed by atoms with Gasteiger partial charge in [-0.25, -0.2) is 4.98 Å². The zero-order valence-corrected chi connectivity index (χ0v) is 15.1. The van der Waals surface area contributed by atoms with Gasteiger partial charge in [0, 0.05) is 29.4 Å². The highest BCUT2D eigenvalue weighted by Crippen LogP contribution is 2.23. The number of hydrogen-bond acceptors (Lipinski definition) is 4. The van der Waals surface area contributed by atoms with Gasteiger partial charge in [0.15, 0.2) is 5.82 Å². The molecule has 2 aromatic carbocycles. The molecule has 0 radical (unpaired) electrons. The van der Waals surface area contributed by atoms with Crippen LogP contribution in [0.2, 0.25) is 0 Å². The summed E-state index contributed by atoms with van der Waals surface area (Å²) in [6.45, 7) is 5.88. The fraction of sp³-hybridized carbons (Fsp3) is 0.190. The summed E-state index contributed by atoms with van der Waals surface area (Å²) in [7, 11) is 0. The molecule has 0 aliphatic rings. The third-order valence-electron chi connectivity index (χ3n) is 3.68. The number of nitrogens with one attached hydrogen (secondary N) is 1. The van der Waals surface area contributed by atoms with Crippen molar-refractivity contribution >= 4 is 5.91 Å². The molecule has 0 atom stereocenters. The molecular weight excluding hydrogens is 326 g/mol. The maximum Gasteiger partial charge on any atom is 0.251 e. The van der Waals surface area contributed by atoms with Crippen LogP contribution in [-0.4, -0.2) is 21.9 Å². The van der Waals surface area contributed by atoms with Crippen LogP contribution < -0.4 is 10.1 Å². The van der Waals surface area contributed by atoms with Gasteiger partial charge in [0.05, 0.1) is 0 Å². The molecule has 132 valence electrons. The average Bonchev–Trinajstić information content (AvgIpc) is 2.62. The van der Waals surface area contributed by atoms with Crippen LogP contribution in [0, 0.1) is 6.92 Å². The minimum atomic E-state index is -0.131. The number of carbonyl (C=O) groups is 1. The SMILES string of the molecule is Cc1ccc(-c2nccc(Oc3cccc(C(=O)NC(C)C)c3)n2)cc1. The standard InChI is InChI=1S/C21H21N3O2/c1-14(2)23-21(25)17-5-4-6-18(13-17)26-19-11-12-22-20(24-19)16-9-7-15(3)8-10-16/h4-14H,1-3H3,(H,23,25). The molecule has 1 aromatic heterocycles. The molecule has 0 aliphatic heterocycles. The Morgan fingerprint density at radius 1 is 1.08 bits per heavy atom. The molecule has 5 nitrogen and oxygen atoms in total. The smallest absolute Gasteiger partial charge is 0.251 e. The topological polar surface area (TPSA) is 64.1 Å². The third kappa shape index (κ3) is 4.45. The Labute approximate surface area is 153 Å². The molecule has 0 saturated carbocycles. The van der Waals surface area contributed by atoms with E-state index in [4.69, 9.17) is 4.74 Å². The Hall–Kier alpha value is -3.21. The van der Waals surface area contributed by atoms with Crippen LogP contribution in [0.1, 0.15) is 29.8 Å². The zero-order valence-electron chi connectivity index (χ0n) is 15.1. The number of carbonyl (C=O) groups excluding carboxylic acids is 1. The lowest BCUT2D eigenvalue weighted by atomic mass is 10.1. The van der Waals surface area contributed by atoms with Crippen LogP contribution >= 0.6 is 0 Å². The summed E-state index contributed by atoms with van der Waals surface area (Å²) in [5.41, 5.74) is 2.65. The van der Waals surface area contributed by atoms with Gasteiger partial charge < -0.3 is 10.1 Å². The first-order chi connectivity index (χ1) is 12.5. The lowest BCUT2D eigenvalue weighted by Gasteiger charge is -2.10. The molecule has 0 aliphatic carbocycles. The van der Waals surface area contributed by atoms with Gasteiger partial charge in [-0.05, 0) is 39.0 Å². The number of hydrogen-bond donors (Lipinski definition) is 1. The second-order valence-electron chi connectivity index (χ2n) is 6.34. The molecule has 0 unspecified atom stereocenters. The molecule has 0 spiro atoms. The number of nitrogens with zero attached hydrogens (tertiary/aromatic N) is 2. The Morgan fingerprint density at radius 2 is 1.85 bits per heavy atom. The minimum absolute atomic E-state index is 0.0750. The predicted octanol–water partition coefficient (Wildman–Crippen LogP) is 4.38. The predicted molar refractivity (Wildman–Crippen MR) is 101 cm³/mol. The van der Waals surface area contributed by atoms with Crippen molar-refractivity contribution in [2.45, 2.75) is 26.8 Å². The number of amides is 1. The number of aromatic nitrogens is 2. The summed E-state index contributed by atoms with van der Waals surface area (Å²) in [5, 5.41) is 2.87. The van der Waals surface area contributed by atoms with E-state index in [1.165, 1.54) is 5.56 Å². The summed E-state index contributed by atoms with van der Waals surface area (Å²) in [6, 6.07) is 16.8. The Bertz CT molecular complexity index is 905. The maximum absolute atomic E-state index is 12.1. The second-order valence-corrected chi connectivity index (χ2v) is 6.34. The van der Waals surface area contributed by atoms with Crippen LogP contribution in [0.3, 0.4) is 0 Å². The molecule has 3 rings (SSSR count). The molecule has 5 heteroatoms. The van der Waals surface area contributed by atoms with Crippen molar-refractivity contribution in [3.63, 3.8) is 0 Å². The number of rotatable bonds is 5. The van der Waals surface area contributed by atoms with E-state index in [2.05, 4.69) is 15.3 Å². The van der Waals surface area contributed by atoms with Crippen molar-refractivity contribution in [3.8, 4) is 23.0 Å². The normalized spacial score (nSPS) is 10.6. The Balaban J connectivity index is 1.80. The van der Waals surface area contributed by atoms with Crippen molar-refractivity contribution in [1.82, 2.24) is 15.3 Å². The van der Waals surface area contributed by atoms with Gasteiger partial charge in [0.1, 0.15) is 5.75 Å². The summed E-state index contributed by atoms with van der Waals surface area (Å²) < 4.78 is 5.83. The van der Waals surface area contributed by atoms with Crippen molar-refractivity contribution in [1.29, 1.82) is 0 Å². The van der Waals surface area contributed by atoms with Gasteiger partial charge in [0.2, 0.25) is 5.88 Å². The highest BCUT2D eigenvalue weighted by Gasteiger charge is 2.09. The highest BCUT2D eigenvalue weighted by atomic mass is 16.5. The van der Waals surface area contributed by atoms with Crippen LogP contribution in [-0.2, 0) is 0 Å². The van der Waals surface area contributed by atoms with E-state index in [1.54, 1.807) is 36.5 Å². The molecule has 1 N–H and O–H groups in total. The monoisotopic (exact) mass is 347 g/mol. The molecule has 0 fully saturated rings. The number of benzene rings is 2. The van der Waals surface area contributed by atoms with E-state index in [-0.39, 0.29) is 11.9 Å². The van der Waals surface area contributed by atoms with E-state index in [0.29, 0.717) is 23.0 Å². The van der Waals surface area contributed by atoms with Crippen LogP contribution in [0.15, 0.2) is 60.8 Å². The molecule has 1 heterocycles. The quantitative estimate of drug-likeness (QED) is 0.744. The third-order valence-corrected chi connectivity index (χ3v) is 3.68. The lowest BCUT2D eigenvalue weighted by Crippen LogP contribution is -2.29. The first kappa shape index (κ1) is 17.6. The van der Waals surface area contributed by atoms with E-state index in [0.717, 1.165) is 5.56 Å². The summed E-state index contributed by atoms with van der Waals surface area (Å²) in [4.78, 5) is 20.9. The van der Waals surface area contributed by atoms with Crippen LogP contribution in [0.4, 0.5) is 0 Å². The fourth-order valence-corrected chi connectivity index (χ4v) is 2.41. The molecular formula is C21H21N3O2. The van der Waals surface area contributed by atoms with E-state index < -0.39 is 0 Å². The average molecular weight is 347 g/mol. The van der Waals surface area contributed by atoms with Crippen molar-refractivity contribution in [2.24, 2.45) is 0 Å². The number of aryl methyl sites for hydroxylation is 1. The first-order valence-corrected chi connectivity index (χ1v) is 8.50. The van der Waals surface area contributed by atoms with Crippen LogP contribution in [0.25, 0.3) is 11.4 Å². The van der Waals surface area contributed by atoms with Crippen molar-refractivity contribution < 1.29 is 9.53 Å². The van der Waals surface area contributed by atoms with E-state index in [1.807, 2.05) is 45.0 Å². The van der Waals surface area contributed by atoms with Gasteiger partial charge in [0.25, 0.3) is 5.91 Å². The summed E-state index contributed by atoms with van der Waals surface area (Å²) >= 11 is 0. The van der Waals surface area contributed by atoms with Gasteiger partial charge in [-0.15, -0.1) is 0 Å². The number of ether oxygens (including phenoxy) is 1. The van der Waals surface area contributed by atoms with Crippen LogP contribution in [0.5, 0.6) is 11.6 Å². The fourth-order valence-electron chi connectivity index (χ4n) is 2.41. The second kappa shape index (κ2) is 7.78. The van der Waals surface area contributed by atoms with Gasteiger partial charge in [-0.2, -0.15) is 4.98 Å². The van der Waals surface area contributed by atoms with Crippen molar-refractivity contribution in [3.05, 3.63) is 71.9 Å². The molecule has 0 bridgehead atoms. The molecule has 1 amide bonds. The first-order valence-electron chi connectivity index (χ1n) is 8.50. The Morgan fingerprint density at radius 3 is 2.58 bits per heavy atom. The van der Waals surface area contributed by atoms with E-state index >= 15 is 0 Å². The molecule has 3 aromatic rings. The van der Waals surface area contributed by atoms with E-state index in [9.17, 15) is 4.79 Å².